The molecule has 0 spiro atoms. The van der Waals surface area contributed by atoms with Gasteiger partial charge in [-0.2, -0.15) is 19.6 Å². The second kappa shape index (κ2) is 21.8. The van der Waals surface area contributed by atoms with Crippen molar-refractivity contribution in [3.63, 3.8) is 0 Å². The molecule has 65 heavy (non-hydrogen) atoms. The SMILES string of the molecule is CCc1cnn2c(NCc3ccc(OCCOCCOCCOCCn4cc(Nc5nc(N6C[C@@H](N)[C@H](F)C6)nc6c5ncn6C)c(OC)n4)nc3)cc(N3CCCC[C@H]3CCO)nc12. The number of fused-ring (bicyclic) bond motifs is 2. The fraction of sp³-hybridized carbons (Fsp3) is 0.558. The molecule has 2 aliphatic heterocycles. The molecule has 0 amide bonds. The van der Waals surface area contributed by atoms with E-state index in [2.05, 4.69) is 58.7 Å². The van der Waals surface area contributed by atoms with Crippen molar-refractivity contribution in [1.29, 1.82) is 0 Å². The number of nitrogens with one attached hydrogen (secondary N) is 2. The van der Waals surface area contributed by atoms with Gasteiger partial charge in [0.25, 0.3) is 5.88 Å². The molecule has 8 rings (SSSR count). The highest BCUT2D eigenvalue weighted by atomic mass is 19.1. The van der Waals surface area contributed by atoms with Crippen molar-refractivity contribution in [3.05, 3.63) is 54.2 Å². The molecule has 22 heteroatoms. The van der Waals surface area contributed by atoms with Crippen LogP contribution in [0.2, 0.25) is 0 Å². The predicted octanol–water partition coefficient (Wildman–Crippen LogP) is 3.28. The Balaban J connectivity index is 0.708. The number of aliphatic hydroxyl groups excluding tert-OH is 1. The zero-order chi connectivity index (χ0) is 45.1. The van der Waals surface area contributed by atoms with Crippen molar-refractivity contribution in [2.45, 2.75) is 70.4 Å². The lowest BCUT2D eigenvalue weighted by molar-refractivity contribution is 0.00762. The minimum Gasteiger partial charge on any atom is -0.478 e. The Hall–Kier alpha value is -5.94. The summed E-state index contributed by atoms with van der Waals surface area (Å²) in [6.07, 6.45) is 10.9. The molecule has 5 N–H and O–H groups in total. The van der Waals surface area contributed by atoms with Crippen molar-refractivity contribution >= 4 is 45.9 Å². The van der Waals surface area contributed by atoms with Gasteiger partial charge < -0.3 is 59.5 Å². The van der Waals surface area contributed by atoms with Crippen molar-refractivity contribution in [2.24, 2.45) is 12.8 Å². The van der Waals surface area contributed by atoms with E-state index in [1.165, 1.54) is 6.42 Å². The second-order valence-electron chi connectivity index (χ2n) is 16.1. The third-order valence-corrected chi connectivity index (χ3v) is 11.5. The van der Waals surface area contributed by atoms with E-state index in [1.54, 1.807) is 40.0 Å². The maximum atomic E-state index is 14.3. The van der Waals surface area contributed by atoms with Crippen LogP contribution in [0.4, 0.5) is 33.5 Å². The summed E-state index contributed by atoms with van der Waals surface area (Å²) in [5.41, 5.74) is 10.6. The maximum Gasteiger partial charge on any atom is 0.256 e. The summed E-state index contributed by atoms with van der Waals surface area (Å²) in [5, 5.41) is 25.7. The summed E-state index contributed by atoms with van der Waals surface area (Å²) in [5.74, 6) is 3.47. The first-order valence-corrected chi connectivity index (χ1v) is 22.3. The number of anilines is 5. The summed E-state index contributed by atoms with van der Waals surface area (Å²) in [7, 11) is 3.38. The fourth-order valence-corrected chi connectivity index (χ4v) is 8.03. The summed E-state index contributed by atoms with van der Waals surface area (Å²) < 4.78 is 48.1. The molecular weight excluding hydrogens is 842 g/mol. The van der Waals surface area contributed by atoms with Crippen LogP contribution in [0.15, 0.2) is 43.1 Å². The van der Waals surface area contributed by atoms with E-state index in [4.69, 9.17) is 34.4 Å². The molecule has 3 atom stereocenters. The van der Waals surface area contributed by atoms with Gasteiger partial charge in [-0.15, -0.1) is 5.10 Å². The summed E-state index contributed by atoms with van der Waals surface area (Å²) in [4.78, 5) is 27.4. The van der Waals surface area contributed by atoms with Crippen LogP contribution in [-0.2, 0) is 40.8 Å². The second-order valence-corrected chi connectivity index (χ2v) is 16.1. The third-order valence-electron chi connectivity index (χ3n) is 11.5. The average molecular weight is 902 g/mol. The Labute approximate surface area is 376 Å². The zero-order valence-electron chi connectivity index (χ0n) is 37.3. The number of aryl methyl sites for hydroxylation is 2. The minimum absolute atomic E-state index is 0.121. The van der Waals surface area contributed by atoms with Crippen LogP contribution < -0.4 is 35.6 Å². The van der Waals surface area contributed by atoms with E-state index in [-0.39, 0.29) is 19.2 Å². The normalized spacial score (nSPS) is 17.7. The summed E-state index contributed by atoms with van der Waals surface area (Å²) >= 11 is 0. The number of imidazole rings is 1. The smallest absolute Gasteiger partial charge is 0.256 e. The topological polar surface area (TPSA) is 227 Å². The average Bonchev–Trinajstić information content (AvgIpc) is 4.11. The molecule has 0 radical (unpaired) electrons. The Bertz CT molecular complexity index is 2440. The molecule has 0 bridgehead atoms. The number of methoxy groups -OCH3 is 1. The summed E-state index contributed by atoms with van der Waals surface area (Å²) in [6.45, 7) is 7.48. The van der Waals surface area contributed by atoms with Crippen molar-refractivity contribution in [2.75, 3.05) is 100 Å². The van der Waals surface area contributed by atoms with E-state index in [9.17, 15) is 9.50 Å². The lowest BCUT2D eigenvalue weighted by atomic mass is 9.99. The van der Waals surface area contributed by atoms with Gasteiger partial charge in [-0.05, 0) is 37.7 Å². The standard InChI is InChI=1S/C43H60FN15O6/c1-4-30-24-49-59-35(21-36(51-40(30)59)58-11-6-5-7-31(58)10-13-60)46-22-29-8-9-37(47-23-29)65-20-19-64-18-17-63-16-15-62-14-12-57-27-34(42(54-57)61-3)50-39-38-41(55(2)28-48-38)53-43(52-39)56-25-32(44)33(45)26-56/h8-9,21,23-24,27-28,31-33,46,60H,4-7,10-20,22,25-26,45H2,1-3H3,(H,50,52,53)/t31-,32+,33+/m0/s1. The molecule has 0 saturated carbocycles. The maximum absolute atomic E-state index is 14.3. The van der Waals surface area contributed by atoms with Crippen molar-refractivity contribution in [3.8, 4) is 11.8 Å². The van der Waals surface area contributed by atoms with Crippen LogP contribution in [0.1, 0.15) is 43.7 Å². The molecule has 6 aromatic rings. The summed E-state index contributed by atoms with van der Waals surface area (Å²) in [6, 6.07) is 5.58. The number of aliphatic hydroxyl groups is 1. The Morgan fingerprint density at radius 2 is 1.77 bits per heavy atom. The highest BCUT2D eigenvalue weighted by Gasteiger charge is 2.32. The number of rotatable bonds is 24. The molecule has 0 unspecified atom stereocenters. The highest BCUT2D eigenvalue weighted by Crippen LogP contribution is 2.32. The van der Waals surface area contributed by atoms with E-state index >= 15 is 0 Å². The molecule has 0 aliphatic carbocycles. The number of hydrogen-bond acceptors (Lipinski definition) is 18. The first-order valence-electron chi connectivity index (χ1n) is 22.3. The molecule has 2 saturated heterocycles. The first kappa shape index (κ1) is 45.6. The van der Waals surface area contributed by atoms with Gasteiger partial charge in [-0.1, -0.05) is 13.0 Å². The van der Waals surface area contributed by atoms with Crippen LogP contribution in [0, 0.1) is 0 Å². The molecule has 21 nitrogen and oxygen atoms in total. The van der Waals surface area contributed by atoms with Crippen molar-refractivity contribution < 1.29 is 33.2 Å². The predicted molar refractivity (Wildman–Crippen MR) is 242 cm³/mol. The van der Waals surface area contributed by atoms with E-state index in [0.717, 1.165) is 60.6 Å². The van der Waals surface area contributed by atoms with Gasteiger partial charge in [0.15, 0.2) is 22.6 Å². The Kier molecular flexibility index (Phi) is 15.3. The Morgan fingerprint density at radius 3 is 2.51 bits per heavy atom. The highest BCUT2D eigenvalue weighted by molar-refractivity contribution is 5.87. The molecular formula is C43H60FN15O6. The molecule has 6 aromatic heterocycles. The van der Waals surface area contributed by atoms with E-state index in [0.29, 0.717) is 106 Å². The lowest BCUT2D eigenvalue weighted by Crippen LogP contribution is -2.40. The number of alkyl halides is 1. The van der Waals surface area contributed by atoms with Crippen LogP contribution >= 0.6 is 0 Å². The van der Waals surface area contributed by atoms with Gasteiger partial charge in [0.2, 0.25) is 11.8 Å². The fourth-order valence-electron chi connectivity index (χ4n) is 8.03. The van der Waals surface area contributed by atoms with Gasteiger partial charge in [0, 0.05) is 63.2 Å². The monoisotopic (exact) mass is 901 g/mol. The van der Waals surface area contributed by atoms with Gasteiger partial charge in [-0.25, -0.2) is 19.3 Å². The van der Waals surface area contributed by atoms with Gasteiger partial charge in [-0.3, -0.25) is 4.68 Å². The van der Waals surface area contributed by atoms with Crippen molar-refractivity contribution in [1.82, 2.24) is 48.9 Å². The molecule has 8 heterocycles. The van der Waals surface area contributed by atoms with Crippen LogP contribution in [-0.4, -0.2) is 152 Å². The number of halogens is 1. The largest absolute Gasteiger partial charge is 0.478 e. The number of piperidine rings is 1. The molecule has 2 aliphatic rings. The van der Waals surface area contributed by atoms with Crippen LogP contribution in [0.25, 0.3) is 16.8 Å². The van der Waals surface area contributed by atoms with Gasteiger partial charge >= 0.3 is 0 Å². The Morgan fingerprint density at radius 1 is 0.954 bits per heavy atom. The minimum atomic E-state index is -1.16. The van der Waals surface area contributed by atoms with Gasteiger partial charge in [0.1, 0.15) is 30.1 Å². The molecule has 350 valence electrons. The number of hydrogen-bond donors (Lipinski definition) is 4. The quantitative estimate of drug-likeness (QED) is 0.0639. The molecule has 0 aromatic carbocycles. The first-order chi connectivity index (χ1) is 31.8. The number of aromatic nitrogens is 10. The number of nitrogens with zero attached hydrogens (tertiary/aromatic N) is 12. The number of pyridine rings is 1. The molecule has 2 fully saturated rings. The lowest BCUT2D eigenvalue weighted by Gasteiger charge is -2.36. The van der Waals surface area contributed by atoms with Gasteiger partial charge in [0.05, 0.1) is 84.6 Å². The third kappa shape index (κ3) is 11.1. The van der Waals surface area contributed by atoms with Crippen LogP contribution in [0.5, 0.6) is 11.8 Å². The van der Waals surface area contributed by atoms with Crippen LogP contribution in [0.3, 0.4) is 0 Å². The number of ether oxygens (including phenoxy) is 5. The van der Waals surface area contributed by atoms with E-state index < -0.39 is 12.2 Å². The zero-order valence-corrected chi connectivity index (χ0v) is 37.3. The number of nitrogens with two attached hydrogens (primary N) is 1. The van der Waals surface area contributed by atoms with E-state index in [1.807, 2.05) is 29.9 Å².